The van der Waals surface area contributed by atoms with Crippen LogP contribution in [0.3, 0.4) is 0 Å². The van der Waals surface area contributed by atoms with Crippen molar-refractivity contribution >= 4 is 5.97 Å². The Kier molecular flexibility index (Phi) is 4.48. The van der Waals surface area contributed by atoms with Crippen molar-refractivity contribution in [3.63, 3.8) is 0 Å². The molecule has 0 aromatic rings. The predicted octanol–water partition coefficient (Wildman–Crippen LogP) is -4.99. The van der Waals surface area contributed by atoms with Crippen LogP contribution in [0.15, 0.2) is 20.7 Å². The number of hydrazine groups is 1. The first-order valence-corrected chi connectivity index (χ1v) is 2.54. The van der Waals surface area contributed by atoms with E-state index in [2.05, 4.69) is 20.7 Å². The van der Waals surface area contributed by atoms with Gasteiger partial charge < -0.3 is 9.90 Å². The molecule has 0 saturated heterocycles. The van der Waals surface area contributed by atoms with Gasteiger partial charge in [0.15, 0.2) is 5.03 Å². The molecule has 0 aliphatic carbocycles. The number of carboxylic acid groups (broad SMARTS) is 1. The third kappa shape index (κ3) is 2.73. The SMILES string of the molecule is O=C([O-])C1(N[N+](=O)[O-])N=NN=N1.[K+]. The molecule has 0 spiro atoms. The van der Waals surface area contributed by atoms with E-state index in [1.807, 2.05) is 0 Å². The summed E-state index contributed by atoms with van der Waals surface area (Å²) in [6.45, 7) is 0. The number of hydrogen-bond acceptors (Lipinski definition) is 8. The van der Waals surface area contributed by atoms with Crippen LogP contribution in [-0.2, 0) is 4.79 Å². The predicted molar refractivity (Wildman–Crippen MR) is 27.6 cm³/mol. The fraction of sp³-hybridized carbons (Fsp3) is 0.500. The van der Waals surface area contributed by atoms with E-state index in [1.54, 1.807) is 0 Å². The Morgan fingerprint density at radius 3 is 2.15 bits per heavy atom. The molecule has 0 aromatic carbocycles. The van der Waals surface area contributed by atoms with Gasteiger partial charge in [0.2, 0.25) is 0 Å². The maximum atomic E-state index is 10.3. The van der Waals surface area contributed by atoms with E-state index < -0.39 is 16.8 Å². The molecule has 10 nitrogen and oxygen atoms in total. The topological polar surface area (TPSA) is 145 Å². The normalized spacial score (nSPS) is 16.3. The Morgan fingerprint density at radius 1 is 1.38 bits per heavy atom. The molecule has 0 saturated carbocycles. The van der Waals surface area contributed by atoms with Gasteiger partial charge in [-0.1, -0.05) is 5.43 Å². The molecule has 1 rings (SSSR count). The summed E-state index contributed by atoms with van der Waals surface area (Å²) in [5.41, 5.74) is 1.29. The summed E-state index contributed by atoms with van der Waals surface area (Å²) in [7, 11) is 0. The standard InChI is InChI=1S/C2H2N6O4.K/c9-1(10)2(5-8(11)12)3-6-7-4-2;/h5H,(H,9,10);/q;+1/p-1. The quantitative estimate of drug-likeness (QED) is 0.283. The number of carboxylic acids is 1. The Hall–Kier alpha value is -0.494. The molecule has 11 heteroatoms. The zero-order valence-corrected chi connectivity index (χ0v) is 9.49. The van der Waals surface area contributed by atoms with Crippen LogP contribution < -0.4 is 61.9 Å². The molecular formula is C2HKN6O4. The van der Waals surface area contributed by atoms with Crippen LogP contribution in [0.25, 0.3) is 0 Å². The van der Waals surface area contributed by atoms with Crippen LogP contribution in [0.1, 0.15) is 0 Å². The Bertz CT molecular complexity index is 274. The first kappa shape index (κ1) is 12.5. The van der Waals surface area contributed by atoms with Crippen molar-refractivity contribution in [3.05, 3.63) is 10.1 Å². The Balaban J connectivity index is 0.00000144. The van der Waals surface area contributed by atoms with Gasteiger partial charge in [-0.2, -0.15) is 0 Å². The first-order chi connectivity index (χ1) is 5.57. The molecule has 0 unspecified atom stereocenters. The molecule has 64 valence electrons. The molecule has 0 fully saturated rings. The number of hydrogen-bond donors (Lipinski definition) is 1. The number of nitro groups is 1. The third-order valence-corrected chi connectivity index (χ3v) is 0.951. The van der Waals surface area contributed by atoms with E-state index >= 15 is 0 Å². The van der Waals surface area contributed by atoms with Gasteiger partial charge in [0.25, 0.3) is 0 Å². The molecule has 1 heterocycles. The molecule has 1 N–H and O–H groups in total. The summed E-state index contributed by atoms with van der Waals surface area (Å²) in [6, 6.07) is 0. The second-order valence-corrected chi connectivity index (χ2v) is 1.71. The minimum atomic E-state index is -2.51. The number of rotatable bonds is 3. The van der Waals surface area contributed by atoms with Gasteiger partial charge >= 0.3 is 57.2 Å². The average Bonchev–Trinajstić information content (AvgIpc) is 2.35. The van der Waals surface area contributed by atoms with Crippen LogP contribution in [0.2, 0.25) is 0 Å². The minimum absolute atomic E-state index is 0. The largest absolute Gasteiger partial charge is 1.00 e. The van der Waals surface area contributed by atoms with Crippen molar-refractivity contribution in [2.24, 2.45) is 20.7 Å². The summed E-state index contributed by atoms with van der Waals surface area (Å²) in [6.07, 6.45) is 0. The Morgan fingerprint density at radius 2 is 1.85 bits per heavy atom. The van der Waals surface area contributed by atoms with Crippen molar-refractivity contribution in [1.29, 1.82) is 0 Å². The van der Waals surface area contributed by atoms with Crippen LogP contribution in [-0.4, -0.2) is 16.8 Å². The zero-order valence-electron chi connectivity index (χ0n) is 6.37. The maximum Gasteiger partial charge on any atom is 1.00 e. The van der Waals surface area contributed by atoms with Gasteiger partial charge in [0.1, 0.15) is 5.97 Å². The van der Waals surface area contributed by atoms with Gasteiger partial charge in [0.05, 0.1) is 0 Å². The van der Waals surface area contributed by atoms with Crippen molar-refractivity contribution in [1.82, 2.24) is 5.43 Å². The zero-order chi connectivity index (χ0) is 9.19. The van der Waals surface area contributed by atoms with Crippen molar-refractivity contribution in [3.8, 4) is 0 Å². The smallest absolute Gasteiger partial charge is 0.543 e. The first-order valence-electron chi connectivity index (χ1n) is 2.54. The van der Waals surface area contributed by atoms with Crippen LogP contribution in [0.4, 0.5) is 0 Å². The van der Waals surface area contributed by atoms with Gasteiger partial charge in [0, 0.05) is 0 Å². The summed E-state index contributed by atoms with van der Waals surface area (Å²) in [5.74, 6) is -4.41. The van der Waals surface area contributed by atoms with Gasteiger partial charge in [-0.05, 0) is 10.4 Å². The molecule has 0 radical (unpaired) electrons. The fourth-order valence-electron chi connectivity index (χ4n) is 0.489. The molecule has 0 bridgehead atoms. The van der Waals surface area contributed by atoms with Crippen LogP contribution in [0, 0.1) is 10.1 Å². The number of carbonyl (C=O) groups is 1. The summed E-state index contributed by atoms with van der Waals surface area (Å²) in [4.78, 5) is 20.1. The van der Waals surface area contributed by atoms with Crippen LogP contribution >= 0.6 is 0 Å². The van der Waals surface area contributed by atoms with Gasteiger partial charge in [-0.3, -0.25) is 0 Å². The molecule has 0 aromatic heterocycles. The average molecular weight is 212 g/mol. The van der Waals surface area contributed by atoms with E-state index in [0.717, 1.165) is 0 Å². The van der Waals surface area contributed by atoms with Crippen molar-refractivity contribution in [2.75, 3.05) is 0 Å². The molecule has 1 aliphatic heterocycles. The van der Waals surface area contributed by atoms with E-state index in [9.17, 15) is 20.0 Å². The number of carbonyl (C=O) groups excluding carboxylic acids is 1. The van der Waals surface area contributed by atoms with E-state index in [1.165, 1.54) is 5.43 Å². The van der Waals surface area contributed by atoms with E-state index in [0.29, 0.717) is 0 Å². The summed E-state index contributed by atoms with van der Waals surface area (Å²) in [5, 5.41) is 30.4. The van der Waals surface area contributed by atoms with E-state index in [4.69, 9.17) is 0 Å². The third-order valence-electron chi connectivity index (χ3n) is 0.951. The molecule has 0 amide bonds. The number of nitrogens with one attached hydrogen (secondary N) is 1. The molecular weight excluding hydrogens is 211 g/mol. The monoisotopic (exact) mass is 212 g/mol. The van der Waals surface area contributed by atoms with Crippen LogP contribution in [0.5, 0.6) is 0 Å². The van der Waals surface area contributed by atoms with Gasteiger partial charge in [-0.15, -0.1) is 10.2 Å². The Labute approximate surface area is 113 Å². The summed E-state index contributed by atoms with van der Waals surface area (Å²) >= 11 is 0. The second kappa shape index (κ2) is 4.66. The second-order valence-electron chi connectivity index (χ2n) is 1.71. The minimum Gasteiger partial charge on any atom is -0.543 e. The van der Waals surface area contributed by atoms with Crippen molar-refractivity contribution in [2.45, 2.75) is 5.79 Å². The summed E-state index contributed by atoms with van der Waals surface area (Å²) < 4.78 is 0. The number of nitrogens with zero attached hydrogens (tertiary/aromatic N) is 5. The fourth-order valence-corrected chi connectivity index (χ4v) is 0.489. The maximum absolute atomic E-state index is 10.3. The van der Waals surface area contributed by atoms with Crippen molar-refractivity contribution < 1.29 is 66.3 Å². The molecule has 0 atom stereocenters. The number of aliphatic carboxylic acids is 1. The van der Waals surface area contributed by atoms with Gasteiger partial charge in [-0.25, -0.2) is 10.1 Å². The molecule has 13 heavy (non-hydrogen) atoms. The molecule has 1 aliphatic rings. The van der Waals surface area contributed by atoms with E-state index in [-0.39, 0.29) is 51.4 Å².